The molecule has 0 bridgehead atoms. The zero-order valence-corrected chi connectivity index (χ0v) is 12.0. The lowest BCUT2D eigenvalue weighted by molar-refractivity contribution is -0.145. The Balaban J connectivity index is 1.74. The predicted molar refractivity (Wildman–Crippen MR) is 73.2 cm³/mol. The third-order valence-corrected chi connectivity index (χ3v) is 3.48. The highest BCUT2D eigenvalue weighted by Gasteiger charge is 2.37. The SMILES string of the molecule is O=C(N[C@H](c1nnn(CC(F)(F)F)n1)C1CC1)c1ccccc1. The average Bonchev–Trinajstić information content (AvgIpc) is 3.24. The van der Waals surface area contributed by atoms with Crippen LogP contribution in [0.5, 0.6) is 0 Å². The maximum Gasteiger partial charge on any atom is 0.409 e. The second kappa shape index (κ2) is 5.98. The van der Waals surface area contributed by atoms with E-state index in [1.54, 1.807) is 30.3 Å². The molecule has 1 N–H and O–H groups in total. The van der Waals surface area contributed by atoms with Crippen molar-refractivity contribution < 1.29 is 18.0 Å². The Kier molecular flexibility index (Phi) is 4.01. The average molecular weight is 325 g/mol. The van der Waals surface area contributed by atoms with Gasteiger partial charge in [-0.1, -0.05) is 18.2 Å². The van der Waals surface area contributed by atoms with Crippen LogP contribution in [0.1, 0.15) is 35.1 Å². The molecule has 122 valence electrons. The highest BCUT2D eigenvalue weighted by atomic mass is 19.4. The third-order valence-electron chi connectivity index (χ3n) is 3.48. The molecule has 2 aromatic rings. The molecule has 1 fully saturated rings. The number of nitrogens with one attached hydrogen (secondary N) is 1. The molecule has 1 aromatic heterocycles. The summed E-state index contributed by atoms with van der Waals surface area (Å²) in [5.74, 6) is -0.0677. The summed E-state index contributed by atoms with van der Waals surface area (Å²) in [6.07, 6.45) is -2.68. The second-order valence-corrected chi connectivity index (χ2v) is 5.45. The predicted octanol–water partition coefficient (Wildman–Crippen LogP) is 2.12. The monoisotopic (exact) mass is 325 g/mol. The number of carbonyl (C=O) groups is 1. The molecule has 0 unspecified atom stereocenters. The summed E-state index contributed by atoms with van der Waals surface area (Å²) in [4.78, 5) is 12.7. The molecular formula is C14H14F3N5O. The fraction of sp³-hybridized carbons (Fsp3) is 0.429. The first-order valence-corrected chi connectivity index (χ1v) is 7.13. The third kappa shape index (κ3) is 4.05. The molecule has 1 heterocycles. The maximum absolute atomic E-state index is 12.4. The van der Waals surface area contributed by atoms with Crippen LogP contribution in [-0.4, -0.2) is 32.3 Å². The van der Waals surface area contributed by atoms with Crippen LogP contribution in [0.2, 0.25) is 0 Å². The van der Waals surface area contributed by atoms with Crippen molar-refractivity contribution in [3.63, 3.8) is 0 Å². The Bertz CT molecular complexity index is 681. The van der Waals surface area contributed by atoms with Crippen molar-refractivity contribution in [1.82, 2.24) is 25.5 Å². The Morgan fingerprint density at radius 2 is 2.00 bits per heavy atom. The van der Waals surface area contributed by atoms with Gasteiger partial charge < -0.3 is 5.32 Å². The molecule has 1 aromatic carbocycles. The van der Waals surface area contributed by atoms with E-state index in [1.165, 1.54) is 0 Å². The molecule has 0 spiro atoms. The fourth-order valence-corrected chi connectivity index (χ4v) is 2.24. The molecule has 23 heavy (non-hydrogen) atoms. The van der Waals surface area contributed by atoms with Gasteiger partial charge >= 0.3 is 6.18 Å². The van der Waals surface area contributed by atoms with Crippen molar-refractivity contribution in [3.8, 4) is 0 Å². The number of amides is 1. The molecule has 6 nitrogen and oxygen atoms in total. The van der Waals surface area contributed by atoms with Gasteiger partial charge in [0.25, 0.3) is 5.91 Å². The van der Waals surface area contributed by atoms with Crippen LogP contribution < -0.4 is 5.32 Å². The lowest BCUT2D eigenvalue weighted by Crippen LogP contribution is -2.31. The van der Waals surface area contributed by atoms with Gasteiger partial charge in [0, 0.05) is 5.56 Å². The molecule has 0 radical (unpaired) electrons. The van der Waals surface area contributed by atoms with Crippen LogP contribution in [-0.2, 0) is 6.54 Å². The molecule has 1 amide bonds. The zero-order valence-electron chi connectivity index (χ0n) is 12.0. The Hall–Kier alpha value is -2.45. The summed E-state index contributed by atoms with van der Waals surface area (Å²) in [5, 5.41) is 13.6. The van der Waals surface area contributed by atoms with Gasteiger partial charge in [-0.05, 0) is 36.1 Å². The van der Waals surface area contributed by atoms with Crippen molar-refractivity contribution in [3.05, 3.63) is 41.7 Å². The van der Waals surface area contributed by atoms with Crippen molar-refractivity contribution in [2.24, 2.45) is 5.92 Å². The standard InChI is InChI=1S/C14H14F3N5O/c15-14(16,17)8-22-20-12(19-21-22)11(9-6-7-9)18-13(23)10-4-2-1-3-5-10/h1-5,9,11H,6-8H2,(H,18,23)/t11-/m0/s1. The fourth-order valence-electron chi connectivity index (χ4n) is 2.24. The number of benzene rings is 1. The molecule has 9 heteroatoms. The van der Waals surface area contributed by atoms with E-state index in [4.69, 9.17) is 0 Å². The van der Waals surface area contributed by atoms with Crippen LogP contribution in [0.4, 0.5) is 13.2 Å². The van der Waals surface area contributed by atoms with E-state index in [9.17, 15) is 18.0 Å². The van der Waals surface area contributed by atoms with E-state index in [0.717, 1.165) is 12.8 Å². The molecular weight excluding hydrogens is 311 g/mol. The van der Waals surface area contributed by atoms with E-state index in [-0.39, 0.29) is 17.6 Å². The number of alkyl halides is 3. The van der Waals surface area contributed by atoms with E-state index in [0.29, 0.717) is 10.4 Å². The molecule has 1 saturated carbocycles. The summed E-state index contributed by atoms with van der Waals surface area (Å²) in [6, 6.07) is 8.06. The van der Waals surface area contributed by atoms with Crippen LogP contribution in [0, 0.1) is 5.92 Å². The van der Waals surface area contributed by atoms with Gasteiger partial charge in [-0.2, -0.15) is 18.0 Å². The topological polar surface area (TPSA) is 72.7 Å². The first-order valence-electron chi connectivity index (χ1n) is 7.13. The summed E-state index contributed by atoms with van der Waals surface area (Å²) in [5.41, 5.74) is 0.473. The molecule has 1 aliphatic rings. The largest absolute Gasteiger partial charge is 0.409 e. The van der Waals surface area contributed by atoms with Gasteiger partial charge in [0.1, 0.15) is 0 Å². The van der Waals surface area contributed by atoms with Crippen LogP contribution in [0.25, 0.3) is 0 Å². The zero-order chi connectivity index (χ0) is 16.4. The van der Waals surface area contributed by atoms with Gasteiger partial charge in [0.05, 0.1) is 6.04 Å². The van der Waals surface area contributed by atoms with Gasteiger partial charge in [-0.3, -0.25) is 4.79 Å². The van der Waals surface area contributed by atoms with Gasteiger partial charge in [0.15, 0.2) is 12.4 Å². The Morgan fingerprint density at radius 1 is 1.30 bits per heavy atom. The van der Waals surface area contributed by atoms with E-state index < -0.39 is 18.8 Å². The van der Waals surface area contributed by atoms with Crippen LogP contribution >= 0.6 is 0 Å². The summed E-state index contributed by atoms with van der Waals surface area (Å²) < 4.78 is 37.1. The highest BCUT2D eigenvalue weighted by molar-refractivity contribution is 5.94. The number of carbonyl (C=O) groups excluding carboxylic acids is 1. The van der Waals surface area contributed by atoms with Crippen LogP contribution in [0.15, 0.2) is 30.3 Å². The number of rotatable bonds is 5. The number of aromatic nitrogens is 4. The molecule has 0 aliphatic heterocycles. The van der Waals surface area contributed by atoms with Crippen LogP contribution in [0.3, 0.4) is 0 Å². The van der Waals surface area contributed by atoms with E-state index >= 15 is 0 Å². The normalized spacial score (nSPS) is 16.1. The first kappa shape index (κ1) is 15.4. The van der Waals surface area contributed by atoms with Crippen molar-refractivity contribution >= 4 is 5.91 Å². The van der Waals surface area contributed by atoms with Gasteiger partial charge in [-0.25, -0.2) is 0 Å². The first-order chi connectivity index (χ1) is 10.9. The number of halogens is 3. The molecule has 0 saturated heterocycles. The van der Waals surface area contributed by atoms with Crippen molar-refractivity contribution in [2.45, 2.75) is 31.6 Å². The van der Waals surface area contributed by atoms with Crippen molar-refractivity contribution in [1.29, 1.82) is 0 Å². The summed E-state index contributed by atoms with van der Waals surface area (Å²) in [6.45, 7) is -1.30. The van der Waals surface area contributed by atoms with Gasteiger partial charge in [-0.15, -0.1) is 10.2 Å². The minimum absolute atomic E-state index is 0.112. The molecule has 1 aliphatic carbocycles. The lowest BCUT2D eigenvalue weighted by atomic mass is 10.1. The Morgan fingerprint density at radius 3 is 2.61 bits per heavy atom. The van der Waals surface area contributed by atoms with E-state index in [2.05, 4.69) is 20.7 Å². The number of hydrogen-bond donors (Lipinski definition) is 1. The van der Waals surface area contributed by atoms with Gasteiger partial charge in [0.2, 0.25) is 0 Å². The van der Waals surface area contributed by atoms with E-state index in [1.807, 2.05) is 0 Å². The quantitative estimate of drug-likeness (QED) is 0.914. The number of hydrogen-bond acceptors (Lipinski definition) is 4. The highest BCUT2D eigenvalue weighted by Crippen LogP contribution is 2.40. The smallest absolute Gasteiger partial charge is 0.342 e. The summed E-state index contributed by atoms with van der Waals surface area (Å²) in [7, 11) is 0. The second-order valence-electron chi connectivity index (χ2n) is 5.45. The van der Waals surface area contributed by atoms with Crippen molar-refractivity contribution in [2.75, 3.05) is 0 Å². The summed E-state index contributed by atoms with van der Waals surface area (Å²) >= 11 is 0. The lowest BCUT2D eigenvalue weighted by Gasteiger charge is -2.14. The minimum Gasteiger partial charge on any atom is -0.342 e. The molecule has 3 rings (SSSR count). The Labute approximate surface area is 129 Å². The minimum atomic E-state index is -4.42. The maximum atomic E-state index is 12.4. The number of nitrogens with zero attached hydrogens (tertiary/aromatic N) is 4. The molecule has 1 atom stereocenters. The number of tetrazole rings is 1.